The summed E-state index contributed by atoms with van der Waals surface area (Å²) in [6.07, 6.45) is 0. The summed E-state index contributed by atoms with van der Waals surface area (Å²) >= 11 is 0. The topological polar surface area (TPSA) is 59.6 Å². The molecule has 0 bridgehead atoms. The first-order valence-electron chi connectivity index (χ1n) is 9.19. The van der Waals surface area contributed by atoms with Gasteiger partial charge in [0.2, 0.25) is 5.91 Å². The molecule has 0 heterocycles. The Morgan fingerprint density at radius 2 is 1.55 bits per heavy atom. The molecule has 0 aromatic heterocycles. The molecule has 0 aliphatic heterocycles. The van der Waals surface area contributed by atoms with E-state index < -0.39 is 0 Å². The van der Waals surface area contributed by atoms with Gasteiger partial charge in [0.15, 0.2) is 11.5 Å². The Kier molecular flexibility index (Phi) is 6.68. The van der Waals surface area contributed by atoms with Gasteiger partial charge in [0.1, 0.15) is 12.4 Å². The van der Waals surface area contributed by atoms with Crippen LogP contribution in [-0.2, 0) is 17.9 Å². The largest absolute Gasteiger partial charge is 0.493 e. The van der Waals surface area contributed by atoms with Gasteiger partial charge in [-0.3, -0.25) is 4.79 Å². The van der Waals surface area contributed by atoms with E-state index >= 15 is 0 Å². The lowest BCUT2D eigenvalue weighted by Gasteiger charge is -2.13. The van der Waals surface area contributed by atoms with Crippen LogP contribution < -0.4 is 20.1 Å². The van der Waals surface area contributed by atoms with E-state index in [0.29, 0.717) is 24.7 Å². The van der Waals surface area contributed by atoms with Crippen molar-refractivity contribution in [3.05, 3.63) is 83.7 Å². The molecule has 2 N–H and O–H groups in total. The maximum absolute atomic E-state index is 13.0. The first kappa shape index (κ1) is 20.2. The third-order valence-electron chi connectivity index (χ3n) is 4.24. The number of rotatable bonds is 8. The molecule has 0 aliphatic carbocycles. The Morgan fingerprint density at radius 1 is 0.897 bits per heavy atom. The Bertz CT molecular complexity index is 957. The van der Waals surface area contributed by atoms with Crippen LogP contribution >= 0.6 is 0 Å². The number of amides is 1. The van der Waals surface area contributed by atoms with Crippen LogP contribution in [0.1, 0.15) is 18.1 Å². The normalized spacial score (nSPS) is 10.3. The van der Waals surface area contributed by atoms with E-state index in [1.165, 1.54) is 19.1 Å². The molecule has 3 rings (SSSR count). The van der Waals surface area contributed by atoms with E-state index in [1.807, 2.05) is 42.5 Å². The van der Waals surface area contributed by atoms with Crippen molar-refractivity contribution in [2.24, 2.45) is 0 Å². The lowest BCUT2D eigenvalue weighted by atomic mass is 10.2. The number of carbonyl (C=O) groups excluding carboxylic acids is 1. The van der Waals surface area contributed by atoms with Gasteiger partial charge < -0.3 is 20.1 Å². The van der Waals surface area contributed by atoms with Gasteiger partial charge in [-0.15, -0.1) is 0 Å². The van der Waals surface area contributed by atoms with Crippen molar-refractivity contribution in [2.45, 2.75) is 20.1 Å². The highest BCUT2D eigenvalue weighted by molar-refractivity contribution is 5.88. The fourth-order valence-corrected chi connectivity index (χ4v) is 2.76. The third-order valence-corrected chi connectivity index (χ3v) is 4.24. The number of methoxy groups -OCH3 is 1. The predicted molar refractivity (Wildman–Crippen MR) is 112 cm³/mol. The van der Waals surface area contributed by atoms with Gasteiger partial charge in [0.25, 0.3) is 0 Å². The van der Waals surface area contributed by atoms with Crippen molar-refractivity contribution in [3.8, 4) is 11.5 Å². The molecule has 0 fully saturated rings. The number of carbonyl (C=O) groups is 1. The van der Waals surface area contributed by atoms with E-state index in [1.54, 1.807) is 19.2 Å². The summed E-state index contributed by atoms with van der Waals surface area (Å²) in [4.78, 5) is 11.1. The van der Waals surface area contributed by atoms with E-state index in [9.17, 15) is 9.18 Å². The molecule has 3 aromatic carbocycles. The van der Waals surface area contributed by atoms with E-state index in [-0.39, 0.29) is 11.7 Å². The van der Waals surface area contributed by atoms with Crippen molar-refractivity contribution in [2.75, 3.05) is 17.7 Å². The minimum absolute atomic E-state index is 0.0976. The number of ether oxygens (including phenoxy) is 2. The quantitative estimate of drug-likeness (QED) is 0.565. The van der Waals surface area contributed by atoms with Crippen LogP contribution in [0.25, 0.3) is 0 Å². The molecule has 150 valence electrons. The minimum Gasteiger partial charge on any atom is -0.493 e. The smallest absolute Gasteiger partial charge is 0.221 e. The van der Waals surface area contributed by atoms with Gasteiger partial charge in [-0.05, 0) is 59.7 Å². The number of nitrogens with one attached hydrogen (secondary N) is 2. The number of benzene rings is 3. The van der Waals surface area contributed by atoms with Crippen molar-refractivity contribution in [1.82, 2.24) is 0 Å². The van der Waals surface area contributed by atoms with Gasteiger partial charge in [0.05, 0.1) is 7.11 Å². The highest BCUT2D eigenvalue weighted by atomic mass is 19.1. The fraction of sp³-hybridized carbons (Fsp3) is 0.174. The zero-order chi connectivity index (χ0) is 20.6. The number of halogens is 1. The SMILES string of the molecule is COc1cc(CNc2ccc(NC(C)=O)cc2)ccc1OCc1ccc(F)cc1. The molecule has 0 spiro atoms. The van der Waals surface area contributed by atoms with E-state index in [0.717, 1.165) is 22.5 Å². The average molecular weight is 394 g/mol. The zero-order valence-corrected chi connectivity index (χ0v) is 16.4. The maximum atomic E-state index is 13.0. The second-order valence-corrected chi connectivity index (χ2v) is 6.51. The molecule has 5 nitrogen and oxygen atoms in total. The molecule has 0 unspecified atom stereocenters. The van der Waals surface area contributed by atoms with Crippen molar-refractivity contribution in [1.29, 1.82) is 0 Å². The summed E-state index contributed by atoms with van der Waals surface area (Å²) in [6.45, 7) is 2.41. The summed E-state index contributed by atoms with van der Waals surface area (Å²) in [5, 5.41) is 6.07. The lowest BCUT2D eigenvalue weighted by molar-refractivity contribution is -0.114. The maximum Gasteiger partial charge on any atom is 0.221 e. The molecule has 29 heavy (non-hydrogen) atoms. The van der Waals surface area contributed by atoms with Crippen LogP contribution in [0.15, 0.2) is 66.7 Å². The highest BCUT2D eigenvalue weighted by Crippen LogP contribution is 2.29. The van der Waals surface area contributed by atoms with Crippen molar-refractivity contribution < 1.29 is 18.7 Å². The molecular formula is C23H23FN2O3. The molecule has 0 atom stereocenters. The Morgan fingerprint density at radius 3 is 2.21 bits per heavy atom. The van der Waals surface area contributed by atoms with Gasteiger partial charge in [-0.25, -0.2) is 4.39 Å². The monoisotopic (exact) mass is 394 g/mol. The molecular weight excluding hydrogens is 371 g/mol. The highest BCUT2D eigenvalue weighted by Gasteiger charge is 2.07. The van der Waals surface area contributed by atoms with Gasteiger partial charge in [0, 0.05) is 24.8 Å². The van der Waals surface area contributed by atoms with Crippen molar-refractivity contribution in [3.63, 3.8) is 0 Å². The lowest BCUT2D eigenvalue weighted by Crippen LogP contribution is -2.06. The summed E-state index contributed by atoms with van der Waals surface area (Å²) in [5.74, 6) is 0.889. The molecule has 6 heteroatoms. The molecule has 1 amide bonds. The summed E-state index contributed by atoms with van der Waals surface area (Å²) in [5.41, 5.74) is 3.60. The molecule has 3 aromatic rings. The van der Waals surface area contributed by atoms with Crippen LogP contribution in [0, 0.1) is 5.82 Å². The second-order valence-electron chi connectivity index (χ2n) is 6.51. The summed E-state index contributed by atoms with van der Waals surface area (Å²) in [6, 6.07) is 19.4. The summed E-state index contributed by atoms with van der Waals surface area (Å²) in [7, 11) is 1.60. The first-order chi connectivity index (χ1) is 14.0. The van der Waals surface area contributed by atoms with Crippen LogP contribution in [-0.4, -0.2) is 13.0 Å². The molecule has 0 aliphatic rings. The number of anilines is 2. The fourth-order valence-electron chi connectivity index (χ4n) is 2.76. The Hall–Kier alpha value is -3.54. The first-order valence-corrected chi connectivity index (χ1v) is 9.19. The standard InChI is InChI=1S/C23H23FN2O3/c1-16(27)26-21-10-8-20(9-11-21)25-14-18-5-12-22(23(13-18)28-2)29-15-17-3-6-19(24)7-4-17/h3-13,25H,14-15H2,1-2H3,(H,26,27). The Labute approximate surface area is 169 Å². The van der Waals surface area contributed by atoms with Gasteiger partial charge >= 0.3 is 0 Å². The summed E-state index contributed by atoms with van der Waals surface area (Å²) < 4.78 is 24.3. The predicted octanol–water partition coefficient (Wildman–Crippen LogP) is 4.98. The van der Waals surface area contributed by atoms with Crippen molar-refractivity contribution >= 4 is 17.3 Å². The van der Waals surface area contributed by atoms with Crippen LogP contribution in [0.4, 0.5) is 15.8 Å². The van der Waals surface area contributed by atoms with E-state index in [2.05, 4.69) is 10.6 Å². The number of hydrogen-bond donors (Lipinski definition) is 2. The van der Waals surface area contributed by atoms with Crippen LogP contribution in [0.5, 0.6) is 11.5 Å². The van der Waals surface area contributed by atoms with E-state index in [4.69, 9.17) is 9.47 Å². The van der Waals surface area contributed by atoms with Crippen LogP contribution in [0.3, 0.4) is 0 Å². The second kappa shape index (κ2) is 9.59. The Balaban J connectivity index is 1.59. The third kappa shape index (κ3) is 5.97. The molecule has 0 saturated heterocycles. The number of hydrogen-bond acceptors (Lipinski definition) is 4. The molecule has 0 saturated carbocycles. The zero-order valence-electron chi connectivity index (χ0n) is 16.4. The minimum atomic E-state index is -0.270. The molecule has 0 radical (unpaired) electrons. The average Bonchev–Trinajstić information content (AvgIpc) is 2.72. The van der Waals surface area contributed by atoms with Gasteiger partial charge in [-0.1, -0.05) is 18.2 Å². The van der Waals surface area contributed by atoms with Gasteiger partial charge in [-0.2, -0.15) is 0 Å². The van der Waals surface area contributed by atoms with Crippen LogP contribution in [0.2, 0.25) is 0 Å².